The first-order chi connectivity index (χ1) is 7.84. The summed E-state index contributed by atoms with van der Waals surface area (Å²) in [4.78, 5) is 0. The third-order valence-corrected chi connectivity index (χ3v) is 2.13. The predicted octanol–water partition coefficient (Wildman–Crippen LogP) is 2.86. The smallest absolute Gasteiger partial charge is 0.0796 e. The molecular weight excluding hydrogens is 198 g/mol. The number of nitrogens with zero attached hydrogens (tertiary/aromatic N) is 3. The summed E-state index contributed by atoms with van der Waals surface area (Å²) in [5, 5.41) is 7.94. The molecule has 2 aromatic rings. The number of hydrogen-bond donors (Lipinski definition) is 0. The van der Waals surface area contributed by atoms with Crippen molar-refractivity contribution in [2.75, 3.05) is 0 Å². The molecule has 1 aromatic heterocycles. The zero-order valence-corrected chi connectivity index (χ0v) is 10.2. The molecule has 0 aliphatic rings. The fourth-order valence-corrected chi connectivity index (χ4v) is 1.39. The first-order valence-corrected chi connectivity index (χ1v) is 5.75. The van der Waals surface area contributed by atoms with Crippen LogP contribution < -0.4 is 0 Å². The van der Waals surface area contributed by atoms with Gasteiger partial charge in [0.05, 0.1) is 5.69 Å². The quantitative estimate of drug-likeness (QED) is 0.791. The van der Waals surface area contributed by atoms with E-state index < -0.39 is 0 Å². The Balaban J connectivity index is 0.000000606. The summed E-state index contributed by atoms with van der Waals surface area (Å²) in [6, 6.07) is 10.4. The van der Waals surface area contributed by atoms with Crippen molar-refractivity contribution in [3.63, 3.8) is 0 Å². The maximum absolute atomic E-state index is 4.00. The first kappa shape index (κ1) is 12.4. The fraction of sp³-hybridized carbons (Fsp3) is 0.385. The van der Waals surface area contributed by atoms with Gasteiger partial charge in [-0.1, -0.05) is 49.4 Å². The summed E-state index contributed by atoms with van der Waals surface area (Å²) in [6.45, 7) is 6.84. The molecule has 0 aliphatic heterocycles. The van der Waals surface area contributed by atoms with Crippen molar-refractivity contribution >= 4 is 0 Å². The van der Waals surface area contributed by atoms with Crippen LogP contribution in [0.4, 0.5) is 0 Å². The minimum Gasteiger partial charge on any atom is -0.252 e. The van der Waals surface area contributed by atoms with Gasteiger partial charge in [-0.25, -0.2) is 0 Å². The van der Waals surface area contributed by atoms with Crippen molar-refractivity contribution in [2.45, 2.75) is 33.7 Å². The predicted molar refractivity (Wildman–Crippen MR) is 66.3 cm³/mol. The van der Waals surface area contributed by atoms with E-state index in [1.807, 2.05) is 37.7 Å². The molecule has 1 aromatic carbocycles. The molecule has 0 spiro atoms. The summed E-state index contributed by atoms with van der Waals surface area (Å²) in [6.07, 6.45) is 2.96. The average molecular weight is 217 g/mol. The Kier molecular flexibility index (Phi) is 5.26. The molecule has 2 rings (SSSR count). The third-order valence-electron chi connectivity index (χ3n) is 2.13. The lowest BCUT2D eigenvalue weighted by Gasteiger charge is -2.00. The Bertz CT molecular complexity index is 393. The van der Waals surface area contributed by atoms with Crippen LogP contribution in [0.3, 0.4) is 0 Å². The molecule has 0 atom stereocenters. The van der Waals surface area contributed by atoms with Crippen LogP contribution in [0.25, 0.3) is 0 Å². The molecule has 0 radical (unpaired) electrons. The van der Waals surface area contributed by atoms with E-state index in [1.165, 1.54) is 5.56 Å². The van der Waals surface area contributed by atoms with Crippen molar-refractivity contribution in [2.24, 2.45) is 0 Å². The molecule has 3 heteroatoms. The molecule has 0 amide bonds. The van der Waals surface area contributed by atoms with Gasteiger partial charge in [0.25, 0.3) is 0 Å². The maximum Gasteiger partial charge on any atom is 0.0796 e. The highest BCUT2D eigenvalue weighted by molar-refractivity contribution is 5.14. The van der Waals surface area contributed by atoms with E-state index >= 15 is 0 Å². The zero-order chi connectivity index (χ0) is 11.8. The molecule has 3 nitrogen and oxygen atoms in total. The highest BCUT2D eigenvalue weighted by Crippen LogP contribution is 2.01. The van der Waals surface area contributed by atoms with Crippen molar-refractivity contribution in [1.82, 2.24) is 15.0 Å². The number of hydrogen-bond acceptors (Lipinski definition) is 2. The molecule has 86 valence electrons. The first-order valence-electron chi connectivity index (χ1n) is 5.75. The third kappa shape index (κ3) is 3.85. The summed E-state index contributed by atoms with van der Waals surface area (Å²) >= 11 is 0. The lowest BCUT2D eigenvalue weighted by molar-refractivity contribution is 0.589. The van der Waals surface area contributed by atoms with Gasteiger partial charge in [-0.3, -0.25) is 4.68 Å². The van der Waals surface area contributed by atoms with Gasteiger partial charge in [-0.05, 0) is 18.9 Å². The number of aromatic nitrogens is 3. The Hall–Kier alpha value is -1.64. The van der Waals surface area contributed by atoms with Gasteiger partial charge in [0.15, 0.2) is 0 Å². The second-order valence-corrected chi connectivity index (χ2v) is 3.36. The summed E-state index contributed by atoms with van der Waals surface area (Å²) < 4.78 is 1.88. The van der Waals surface area contributed by atoms with E-state index in [-0.39, 0.29) is 0 Å². The van der Waals surface area contributed by atoms with E-state index in [0.717, 1.165) is 18.7 Å². The second kappa shape index (κ2) is 6.77. The van der Waals surface area contributed by atoms with Crippen LogP contribution in [0.5, 0.6) is 0 Å². The summed E-state index contributed by atoms with van der Waals surface area (Å²) in [7, 11) is 0. The van der Waals surface area contributed by atoms with E-state index in [2.05, 4.69) is 34.6 Å². The Labute approximate surface area is 97.1 Å². The van der Waals surface area contributed by atoms with Gasteiger partial charge >= 0.3 is 0 Å². The average Bonchev–Trinajstić information content (AvgIpc) is 2.77. The van der Waals surface area contributed by atoms with Crippen LogP contribution in [0.1, 0.15) is 25.1 Å². The molecule has 16 heavy (non-hydrogen) atoms. The summed E-state index contributed by atoms with van der Waals surface area (Å²) in [5.74, 6) is 0. The Morgan fingerprint density at radius 3 is 2.38 bits per heavy atom. The minimum absolute atomic E-state index is 0.894. The number of benzene rings is 1. The van der Waals surface area contributed by atoms with Crippen molar-refractivity contribution < 1.29 is 0 Å². The van der Waals surface area contributed by atoms with Crippen LogP contribution in [-0.2, 0) is 13.0 Å². The SMILES string of the molecule is CC.Cc1cn(CCc2ccccc2)nn1. The maximum atomic E-state index is 4.00. The molecule has 0 fully saturated rings. The molecule has 0 bridgehead atoms. The van der Waals surface area contributed by atoms with Gasteiger partial charge in [-0.2, -0.15) is 0 Å². The Morgan fingerprint density at radius 1 is 1.12 bits per heavy atom. The zero-order valence-electron chi connectivity index (χ0n) is 10.2. The van der Waals surface area contributed by atoms with Crippen LogP contribution in [0.15, 0.2) is 36.5 Å². The number of rotatable bonds is 3. The second-order valence-electron chi connectivity index (χ2n) is 3.36. The molecule has 0 saturated carbocycles. The molecule has 0 N–H and O–H groups in total. The molecule has 0 aliphatic carbocycles. The van der Waals surface area contributed by atoms with Crippen molar-refractivity contribution in [3.8, 4) is 0 Å². The number of aryl methyl sites for hydroxylation is 3. The van der Waals surface area contributed by atoms with Crippen molar-refractivity contribution in [1.29, 1.82) is 0 Å². The molecule has 0 unspecified atom stereocenters. The Morgan fingerprint density at radius 2 is 1.81 bits per heavy atom. The largest absolute Gasteiger partial charge is 0.252 e. The lowest BCUT2D eigenvalue weighted by atomic mass is 10.1. The monoisotopic (exact) mass is 217 g/mol. The van der Waals surface area contributed by atoms with Crippen LogP contribution in [0.2, 0.25) is 0 Å². The van der Waals surface area contributed by atoms with Crippen LogP contribution in [-0.4, -0.2) is 15.0 Å². The van der Waals surface area contributed by atoms with Gasteiger partial charge in [0, 0.05) is 12.7 Å². The normalized spacial score (nSPS) is 9.44. The van der Waals surface area contributed by atoms with E-state index in [9.17, 15) is 0 Å². The highest BCUT2D eigenvalue weighted by Gasteiger charge is 1.96. The molecule has 0 saturated heterocycles. The topological polar surface area (TPSA) is 30.7 Å². The fourth-order valence-electron chi connectivity index (χ4n) is 1.39. The minimum atomic E-state index is 0.894. The highest BCUT2D eigenvalue weighted by atomic mass is 15.4. The van der Waals surface area contributed by atoms with E-state index in [1.54, 1.807) is 0 Å². The molecular formula is C13H19N3. The summed E-state index contributed by atoms with van der Waals surface area (Å²) in [5.41, 5.74) is 2.30. The van der Waals surface area contributed by atoms with Gasteiger partial charge < -0.3 is 0 Å². The van der Waals surface area contributed by atoms with Crippen LogP contribution >= 0.6 is 0 Å². The standard InChI is InChI=1S/C11H13N3.C2H6/c1-10-9-14(13-12-10)8-7-11-5-3-2-4-6-11;1-2/h2-6,9H,7-8H2,1H3;1-2H3. The van der Waals surface area contributed by atoms with E-state index in [0.29, 0.717) is 0 Å². The van der Waals surface area contributed by atoms with Crippen LogP contribution in [0, 0.1) is 6.92 Å². The van der Waals surface area contributed by atoms with Gasteiger partial charge in [0.1, 0.15) is 0 Å². The van der Waals surface area contributed by atoms with Gasteiger partial charge in [0.2, 0.25) is 0 Å². The van der Waals surface area contributed by atoms with Gasteiger partial charge in [-0.15, -0.1) is 5.10 Å². The molecule has 1 heterocycles. The van der Waals surface area contributed by atoms with E-state index in [4.69, 9.17) is 0 Å². The lowest BCUT2D eigenvalue weighted by Crippen LogP contribution is -2.01. The van der Waals surface area contributed by atoms with Crippen molar-refractivity contribution in [3.05, 3.63) is 47.8 Å².